The van der Waals surface area contributed by atoms with Crippen molar-refractivity contribution in [1.29, 1.82) is 0 Å². The van der Waals surface area contributed by atoms with Gasteiger partial charge < -0.3 is 9.72 Å². The third-order valence-corrected chi connectivity index (χ3v) is 3.96. The smallest absolute Gasteiger partial charge is 0.251 e. The number of carbonyl (C=O) groups is 1. The molecule has 0 saturated carbocycles. The Bertz CT molecular complexity index is 1040. The standard InChI is InChI=1S/C19H14FN3O/c20-14-9-7-13(8-10-14)19(24)21-12-16-18-6-3-11-23(18)17-5-2-1-4-15(17)22-16/h1-11H,12H2,(H,21,24). The summed E-state index contributed by atoms with van der Waals surface area (Å²) in [6.07, 6.45) is 1.98. The highest BCUT2D eigenvalue weighted by Gasteiger charge is 2.10. The first-order chi connectivity index (χ1) is 11.7. The Kier molecular flexibility index (Phi) is 3.46. The summed E-state index contributed by atoms with van der Waals surface area (Å²) in [4.78, 5) is 16.9. The van der Waals surface area contributed by atoms with Crippen LogP contribution in [0.25, 0.3) is 16.6 Å². The number of aromatic nitrogens is 2. The highest BCUT2D eigenvalue weighted by molar-refractivity contribution is 5.94. The van der Waals surface area contributed by atoms with Gasteiger partial charge in [0.15, 0.2) is 0 Å². The molecule has 0 unspecified atom stereocenters. The molecule has 2 aromatic heterocycles. The number of benzene rings is 2. The minimum atomic E-state index is -0.363. The van der Waals surface area contributed by atoms with E-state index in [1.54, 1.807) is 0 Å². The Balaban J connectivity index is 1.65. The number of rotatable bonds is 3. The summed E-state index contributed by atoms with van der Waals surface area (Å²) in [5.74, 6) is -0.618. The molecule has 0 fully saturated rings. The van der Waals surface area contributed by atoms with Crippen molar-refractivity contribution < 1.29 is 9.18 Å². The largest absolute Gasteiger partial charge is 0.346 e. The van der Waals surface area contributed by atoms with Gasteiger partial charge in [0, 0.05) is 11.8 Å². The molecule has 0 radical (unpaired) electrons. The molecule has 0 atom stereocenters. The molecule has 4 rings (SSSR count). The average molecular weight is 319 g/mol. The average Bonchev–Trinajstić information content (AvgIpc) is 3.10. The third kappa shape index (κ3) is 2.50. The molecule has 1 N–H and O–H groups in total. The van der Waals surface area contributed by atoms with Crippen LogP contribution in [0.15, 0.2) is 66.9 Å². The van der Waals surface area contributed by atoms with Gasteiger partial charge in [-0.15, -0.1) is 0 Å². The number of fused-ring (bicyclic) bond motifs is 3. The van der Waals surface area contributed by atoms with E-state index in [9.17, 15) is 9.18 Å². The lowest BCUT2D eigenvalue weighted by Gasteiger charge is -2.09. The second kappa shape index (κ2) is 5.77. The Morgan fingerprint density at radius 3 is 2.58 bits per heavy atom. The molecule has 1 amide bonds. The number of para-hydroxylation sites is 2. The van der Waals surface area contributed by atoms with Crippen molar-refractivity contribution in [2.45, 2.75) is 6.54 Å². The Hall–Kier alpha value is -3.21. The van der Waals surface area contributed by atoms with E-state index in [-0.39, 0.29) is 11.7 Å². The minimum Gasteiger partial charge on any atom is -0.346 e. The normalized spacial score (nSPS) is 11.0. The molecular formula is C19H14FN3O. The van der Waals surface area contributed by atoms with Gasteiger partial charge in [-0.05, 0) is 48.5 Å². The van der Waals surface area contributed by atoms with Crippen molar-refractivity contribution in [2.24, 2.45) is 0 Å². The topological polar surface area (TPSA) is 46.4 Å². The number of nitrogens with one attached hydrogen (secondary N) is 1. The van der Waals surface area contributed by atoms with Crippen molar-refractivity contribution in [3.8, 4) is 0 Å². The summed E-state index contributed by atoms with van der Waals surface area (Å²) >= 11 is 0. The number of nitrogens with zero attached hydrogens (tertiary/aromatic N) is 2. The van der Waals surface area contributed by atoms with Crippen LogP contribution in [0.4, 0.5) is 4.39 Å². The molecular weight excluding hydrogens is 305 g/mol. The van der Waals surface area contributed by atoms with Crippen molar-refractivity contribution in [3.05, 3.63) is 83.9 Å². The maximum atomic E-state index is 12.9. The predicted octanol–water partition coefficient (Wildman–Crippen LogP) is 3.56. The number of hydrogen-bond donors (Lipinski definition) is 1. The fourth-order valence-corrected chi connectivity index (χ4v) is 2.79. The van der Waals surface area contributed by atoms with Gasteiger partial charge in [0.1, 0.15) is 5.82 Å². The molecule has 2 heterocycles. The van der Waals surface area contributed by atoms with Crippen LogP contribution in [0.5, 0.6) is 0 Å². The lowest BCUT2D eigenvalue weighted by molar-refractivity contribution is 0.0950. The van der Waals surface area contributed by atoms with Crippen molar-refractivity contribution in [2.75, 3.05) is 0 Å². The van der Waals surface area contributed by atoms with Gasteiger partial charge in [-0.1, -0.05) is 12.1 Å². The molecule has 118 valence electrons. The molecule has 4 aromatic rings. The van der Waals surface area contributed by atoms with Crippen LogP contribution in [-0.4, -0.2) is 15.3 Å². The van der Waals surface area contributed by atoms with Crippen LogP contribution in [-0.2, 0) is 6.54 Å². The number of hydrogen-bond acceptors (Lipinski definition) is 2. The summed E-state index contributed by atoms with van der Waals surface area (Å²) in [5, 5.41) is 2.84. The molecule has 4 nitrogen and oxygen atoms in total. The van der Waals surface area contributed by atoms with Crippen LogP contribution in [0.3, 0.4) is 0 Å². The molecule has 5 heteroatoms. The number of amides is 1. The first-order valence-corrected chi connectivity index (χ1v) is 7.61. The maximum Gasteiger partial charge on any atom is 0.251 e. The first-order valence-electron chi connectivity index (χ1n) is 7.61. The maximum absolute atomic E-state index is 12.9. The van der Waals surface area contributed by atoms with Gasteiger partial charge in [-0.3, -0.25) is 4.79 Å². The first kappa shape index (κ1) is 14.4. The van der Waals surface area contributed by atoms with Gasteiger partial charge in [0.05, 0.1) is 28.8 Å². The van der Waals surface area contributed by atoms with Crippen LogP contribution in [0, 0.1) is 5.82 Å². The monoisotopic (exact) mass is 319 g/mol. The fourth-order valence-electron chi connectivity index (χ4n) is 2.79. The summed E-state index contributed by atoms with van der Waals surface area (Å²) in [5.41, 5.74) is 4.05. The molecule has 0 aliphatic rings. The van der Waals surface area contributed by atoms with E-state index in [1.807, 2.05) is 42.6 Å². The zero-order chi connectivity index (χ0) is 16.5. The molecule has 24 heavy (non-hydrogen) atoms. The van der Waals surface area contributed by atoms with Crippen LogP contribution < -0.4 is 5.32 Å². The van der Waals surface area contributed by atoms with E-state index in [0.717, 1.165) is 22.2 Å². The number of carbonyl (C=O) groups excluding carboxylic acids is 1. The van der Waals surface area contributed by atoms with Crippen molar-refractivity contribution >= 4 is 22.5 Å². The van der Waals surface area contributed by atoms with Crippen LogP contribution in [0.2, 0.25) is 0 Å². The van der Waals surface area contributed by atoms with Crippen LogP contribution >= 0.6 is 0 Å². The second-order valence-electron chi connectivity index (χ2n) is 5.50. The van der Waals surface area contributed by atoms with E-state index in [0.29, 0.717) is 12.1 Å². The van der Waals surface area contributed by atoms with Crippen molar-refractivity contribution in [1.82, 2.24) is 14.7 Å². The Labute approximate surface area is 137 Å². The van der Waals surface area contributed by atoms with Gasteiger partial charge in [-0.25, -0.2) is 9.37 Å². The second-order valence-corrected chi connectivity index (χ2v) is 5.50. The quantitative estimate of drug-likeness (QED) is 0.627. The summed E-state index contributed by atoms with van der Waals surface area (Å²) in [6.45, 7) is 0.300. The van der Waals surface area contributed by atoms with E-state index >= 15 is 0 Å². The predicted molar refractivity (Wildman–Crippen MR) is 90.3 cm³/mol. The summed E-state index contributed by atoms with van der Waals surface area (Å²) in [7, 11) is 0. The van der Waals surface area contributed by atoms with Gasteiger partial charge in [-0.2, -0.15) is 0 Å². The van der Waals surface area contributed by atoms with E-state index in [1.165, 1.54) is 24.3 Å². The minimum absolute atomic E-state index is 0.255. The number of halogens is 1. The van der Waals surface area contributed by atoms with Crippen molar-refractivity contribution in [3.63, 3.8) is 0 Å². The SMILES string of the molecule is O=C(NCc1nc2ccccc2n2cccc12)c1ccc(F)cc1. The molecule has 2 aromatic carbocycles. The third-order valence-electron chi connectivity index (χ3n) is 3.96. The molecule has 0 aliphatic heterocycles. The zero-order valence-electron chi connectivity index (χ0n) is 12.7. The lowest BCUT2D eigenvalue weighted by atomic mass is 10.2. The van der Waals surface area contributed by atoms with Gasteiger partial charge in [0.25, 0.3) is 5.91 Å². The van der Waals surface area contributed by atoms with Gasteiger partial charge >= 0.3 is 0 Å². The van der Waals surface area contributed by atoms with Crippen LogP contribution in [0.1, 0.15) is 16.1 Å². The zero-order valence-corrected chi connectivity index (χ0v) is 12.7. The fraction of sp³-hybridized carbons (Fsp3) is 0.0526. The van der Waals surface area contributed by atoms with E-state index < -0.39 is 0 Å². The van der Waals surface area contributed by atoms with Gasteiger partial charge in [0.2, 0.25) is 0 Å². The van der Waals surface area contributed by atoms with E-state index in [4.69, 9.17) is 0 Å². The Morgan fingerprint density at radius 2 is 1.75 bits per heavy atom. The molecule has 0 spiro atoms. The Morgan fingerprint density at radius 1 is 1.00 bits per heavy atom. The highest BCUT2D eigenvalue weighted by Crippen LogP contribution is 2.18. The summed E-state index contributed by atoms with van der Waals surface area (Å²) < 4.78 is 15.0. The molecule has 0 aliphatic carbocycles. The summed E-state index contributed by atoms with van der Waals surface area (Å²) in [6, 6.07) is 17.3. The molecule has 0 saturated heterocycles. The van der Waals surface area contributed by atoms with E-state index in [2.05, 4.69) is 14.7 Å². The molecule has 0 bridgehead atoms. The lowest BCUT2D eigenvalue weighted by Crippen LogP contribution is -2.23. The highest BCUT2D eigenvalue weighted by atomic mass is 19.1.